The van der Waals surface area contributed by atoms with E-state index in [4.69, 9.17) is 0 Å². The van der Waals surface area contributed by atoms with Gasteiger partial charge < -0.3 is 25.3 Å². The van der Waals surface area contributed by atoms with Crippen molar-refractivity contribution in [2.45, 2.75) is 44.8 Å². The molecule has 2 N–H and O–H groups in total. The van der Waals surface area contributed by atoms with Crippen molar-refractivity contribution in [2.75, 3.05) is 39.3 Å². The summed E-state index contributed by atoms with van der Waals surface area (Å²) in [4.78, 5) is 59.8. The van der Waals surface area contributed by atoms with E-state index >= 15 is 0 Å². The number of carbonyl (C=O) groups is 4. The van der Waals surface area contributed by atoms with Gasteiger partial charge in [0.25, 0.3) is 5.91 Å². The summed E-state index contributed by atoms with van der Waals surface area (Å²) >= 11 is 1.39. The summed E-state index contributed by atoms with van der Waals surface area (Å²) in [6, 6.07) is 11.7. The SMILES string of the molecule is CC(C)CC(NC(=O)c1ccc(-c2ccccc2)s1)C(=O)N1CCC2C1C(=O)CN2C(=O)N1CCNCC1. The molecule has 4 heterocycles. The van der Waals surface area contributed by atoms with Crippen LogP contribution in [0.4, 0.5) is 4.79 Å². The quantitative estimate of drug-likeness (QED) is 0.590. The average Bonchev–Trinajstić information content (AvgIpc) is 3.66. The van der Waals surface area contributed by atoms with Crippen molar-refractivity contribution in [1.29, 1.82) is 0 Å². The zero-order valence-electron chi connectivity index (χ0n) is 21.9. The minimum absolute atomic E-state index is 0.0283. The third-order valence-electron chi connectivity index (χ3n) is 7.54. The van der Waals surface area contributed by atoms with E-state index < -0.39 is 12.1 Å². The number of piperazine rings is 1. The van der Waals surface area contributed by atoms with Crippen molar-refractivity contribution < 1.29 is 19.2 Å². The molecule has 1 aromatic heterocycles. The van der Waals surface area contributed by atoms with Gasteiger partial charge in [-0.15, -0.1) is 11.3 Å². The van der Waals surface area contributed by atoms with E-state index in [2.05, 4.69) is 10.6 Å². The van der Waals surface area contributed by atoms with Crippen LogP contribution in [0.25, 0.3) is 10.4 Å². The van der Waals surface area contributed by atoms with E-state index in [0.29, 0.717) is 37.4 Å². The largest absolute Gasteiger partial charge is 0.340 e. The van der Waals surface area contributed by atoms with Crippen LogP contribution in [0.5, 0.6) is 0 Å². The van der Waals surface area contributed by atoms with E-state index in [9.17, 15) is 19.2 Å². The first-order chi connectivity index (χ1) is 18.3. The molecular formula is C28H35N5O4S. The molecule has 0 bridgehead atoms. The molecule has 5 rings (SSSR count). The molecule has 0 saturated carbocycles. The Morgan fingerprint density at radius 3 is 2.47 bits per heavy atom. The van der Waals surface area contributed by atoms with E-state index in [1.54, 1.807) is 20.8 Å². The fraction of sp³-hybridized carbons (Fsp3) is 0.500. The van der Waals surface area contributed by atoms with E-state index in [1.165, 1.54) is 11.3 Å². The van der Waals surface area contributed by atoms with Gasteiger partial charge in [0.15, 0.2) is 5.78 Å². The van der Waals surface area contributed by atoms with Gasteiger partial charge in [0.05, 0.1) is 17.5 Å². The first kappa shape index (κ1) is 26.4. The molecule has 3 saturated heterocycles. The monoisotopic (exact) mass is 537 g/mol. The number of benzene rings is 1. The lowest BCUT2D eigenvalue weighted by Gasteiger charge is -2.33. The second kappa shape index (κ2) is 11.2. The molecular weight excluding hydrogens is 502 g/mol. The summed E-state index contributed by atoms with van der Waals surface area (Å²) in [7, 11) is 0. The molecule has 3 aliphatic heterocycles. The number of urea groups is 1. The smallest absolute Gasteiger partial charge is 0.320 e. The van der Waals surface area contributed by atoms with Gasteiger partial charge >= 0.3 is 6.03 Å². The lowest BCUT2D eigenvalue weighted by atomic mass is 10.0. The number of nitrogens with zero attached hydrogens (tertiary/aromatic N) is 3. The molecule has 0 spiro atoms. The second-order valence-electron chi connectivity index (χ2n) is 10.6. The van der Waals surface area contributed by atoms with Crippen molar-refractivity contribution in [2.24, 2.45) is 5.92 Å². The highest BCUT2D eigenvalue weighted by Gasteiger charge is 2.53. The molecule has 10 heteroatoms. The number of ketones is 1. The molecule has 38 heavy (non-hydrogen) atoms. The maximum Gasteiger partial charge on any atom is 0.320 e. The minimum atomic E-state index is -0.741. The van der Waals surface area contributed by atoms with Crippen molar-refractivity contribution in [3.05, 3.63) is 47.3 Å². The molecule has 3 unspecified atom stereocenters. The van der Waals surface area contributed by atoms with E-state index in [-0.39, 0.29) is 42.1 Å². The Balaban J connectivity index is 1.29. The van der Waals surface area contributed by atoms with Crippen LogP contribution >= 0.6 is 11.3 Å². The van der Waals surface area contributed by atoms with Crippen LogP contribution < -0.4 is 10.6 Å². The number of amides is 4. The first-order valence-corrected chi connectivity index (χ1v) is 14.2. The number of hydrogen-bond donors (Lipinski definition) is 2. The number of rotatable bonds is 6. The van der Waals surface area contributed by atoms with Gasteiger partial charge in [-0.05, 0) is 36.5 Å². The number of likely N-dealkylation sites (tertiary alicyclic amines) is 2. The van der Waals surface area contributed by atoms with Gasteiger partial charge in [0.1, 0.15) is 12.1 Å². The number of thiophene rings is 1. The van der Waals surface area contributed by atoms with Crippen LogP contribution in [-0.2, 0) is 9.59 Å². The predicted molar refractivity (Wildman–Crippen MR) is 146 cm³/mol. The van der Waals surface area contributed by atoms with Crippen LogP contribution in [-0.4, -0.2) is 95.7 Å². The Morgan fingerprint density at radius 1 is 1.03 bits per heavy atom. The topological polar surface area (TPSA) is 102 Å². The van der Waals surface area contributed by atoms with Gasteiger partial charge in [0, 0.05) is 37.6 Å². The minimum Gasteiger partial charge on any atom is -0.340 e. The average molecular weight is 538 g/mol. The Hall–Kier alpha value is -3.24. The summed E-state index contributed by atoms with van der Waals surface area (Å²) in [5, 5.41) is 6.20. The lowest BCUT2D eigenvalue weighted by molar-refractivity contribution is -0.138. The Labute approximate surface area is 227 Å². The zero-order chi connectivity index (χ0) is 26.8. The predicted octanol–water partition coefficient (Wildman–Crippen LogP) is 2.44. The van der Waals surface area contributed by atoms with Gasteiger partial charge in [-0.3, -0.25) is 14.4 Å². The maximum atomic E-state index is 13.8. The van der Waals surface area contributed by atoms with Crippen LogP contribution in [0.2, 0.25) is 0 Å². The van der Waals surface area contributed by atoms with Gasteiger partial charge in [0.2, 0.25) is 5.91 Å². The Kier molecular flexibility index (Phi) is 7.80. The highest BCUT2D eigenvalue weighted by atomic mass is 32.1. The van der Waals surface area contributed by atoms with Crippen LogP contribution in [0.15, 0.2) is 42.5 Å². The molecule has 3 atom stereocenters. The second-order valence-corrected chi connectivity index (χ2v) is 11.7. The van der Waals surface area contributed by atoms with Crippen LogP contribution in [0.3, 0.4) is 0 Å². The first-order valence-electron chi connectivity index (χ1n) is 13.4. The maximum absolute atomic E-state index is 13.8. The van der Waals surface area contributed by atoms with E-state index in [1.807, 2.05) is 50.2 Å². The molecule has 4 amide bonds. The van der Waals surface area contributed by atoms with Gasteiger partial charge in [-0.25, -0.2) is 4.79 Å². The number of carbonyl (C=O) groups excluding carboxylic acids is 4. The summed E-state index contributed by atoms with van der Waals surface area (Å²) < 4.78 is 0. The summed E-state index contributed by atoms with van der Waals surface area (Å²) in [6.45, 7) is 7.13. The van der Waals surface area contributed by atoms with E-state index in [0.717, 1.165) is 23.5 Å². The van der Waals surface area contributed by atoms with Gasteiger partial charge in [-0.2, -0.15) is 0 Å². The normalized spacial score (nSPS) is 22.1. The molecule has 3 aliphatic rings. The third kappa shape index (κ3) is 5.33. The number of hydrogen-bond acceptors (Lipinski definition) is 6. The van der Waals surface area contributed by atoms with Crippen molar-refractivity contribution in [3.63, 3.8) is 0 Å². The van der Waals surface area contributed by atoms with Gasteiger partial charge in [-0.1, -0.05) is 44.2 Å². The third-order valence-corrected chi connectivity index (χ3v) is 8.67. The molecule has 0 radical (unpaired) electrons. The molecule has 3 fully saturated rings. The summed E-state index contributed by atoms with van der Waals surface area (Å²) in [6.07, 6.45) is 1.03. The van der Waals surface area contributed by atoms with Crippen molar-refractivity contribution >= 4 is 35.0 Å². The standard InChI is InChI=1S/C28H35N5O4S/c1-18(2)16-20(30-26(35)24-9-8-23(38-24)19-6-4-3-5-7-19)27(36)32-13-10-21-25(32)22(34)17-33(21)28(37)31-14-11-29-12-15-31/h3-9,18,20-21,25,29H,10-17H2,1-2H3,(H,30,35). The molecule has 202 valence electrons. The summed E-state index contributed by atoms with van der Waals surface area (Å²) in [5.74, 6) is -0.481. The number of fused-ring (bicyclic) bond motifs is 1. The number of Topliss-reactive ketones (excluding diaryl/α,β-unsaturated/α-hetero) is 1. The van der Waals surface area contributed by atoms with Crippen molar-refractivity contribution in [1.82, 2.24) is 25.3 Å². The Morgan fingerprint density at radius 2 is 1.76 bits per heavy atom. The zero-order valence-corrected chi connectivity index (χ0v) is 22.7. The molecule has 9 nitrogen and oxygen atoms in total. The highest BCUT2D eigenvalue weighted by molar-refractivity contribution is 7.17. The molecule has 0 aliphatic carbocycles. The van der Waals surface area contributed by atoms with Crippen LogP contribution in [0.1, 0.15) is 36.4 Å². The Bertz CT molecular complexity index is 1190. The molecule has 2 aromatic rings. The molecule has 1 aromatic carbocycles. The summed E-state index contributed by atoms with van der Waals surface area (Å²) in [5.41, 5.74) is 1.04. The lowest BCUT2D eigenvalue weighted by Crippen LogP contribution is -2.54. The van der Waals surface area contributed by atoms with Crippen molar-refractivity contribution in [3.8, 4) is 10.4 Å². The highest BCUT2D eigenvalue weighted by Crippen LogP contribution is 2.32. The fourth-order valence-corrected chi connectivity index (χ4v) is 6.62. The fourth-order valence-electron chi connectivity index (χ4n) is 5.70. The van der Waals surface area contributed by atoms with Crippen LogP contribution in [0, 0.1) is 5.92 Å². The number of nitrogens with one attached hydrogen (secondary N) is 2.